The molecule has 24 heavy (non-hydrogen) atoms. The number of rotatable bonds is 9. The van der Waals surface area contributed by atoms with E-state index < -0.39 is 0 Å². The van der Waals surface area contributed by atoms with Crippen molar-refractivity contribution < 1.29 is 15.0 Å². The molecule has 3 nitrogen and oxygen atoms in total. The van der Waals surface area contributed by atoms with Gasteiger partial charge in [0.1, 0.15) is 11.5 Å². The molecule has 0 aliphatic heterocycles. The van der Waals surface area contributed by atoms with Gasteiger partial charge in [-0.15, -0.1) is 0 Å². The molecule has 0 aromatic heterocycles. The quantitative estimate of drug-likeness (QED) is 0.490. The Kier molecular flexibility index (Phi) is 6.86. The second-order valence-corrected chi connectivity index (χ2v) is 6.22. The fourth-order valence-corrected chi connectivity index (χ4v) is 2.84. The lowest BCUT2D eigenvalue weighted by atomic mass is 9.97. The number of unbranched alkanes of at least 4 members (excludes halogenated alkanes) is 5. The lowest BCUT2D eigenvalue weighted by molar-refractivity contribution is 0.103. The van der Waals surface area contributed by atoms with E-state index in [0.29, 0.717) is 0 Å². The van der Waals surface area contributed by atoms with Crippen LogP contribution in [0.15, 0.2) is 42.5 Å². The normalized spacial score (nSPS) is 10.7. The highest BCUT2D eigenvalue weighted by Gasteiger charge is 2.17. The molecule has 0 aliphatic rings. The van der Waals surface area contributed by atoms with Gasteiger partial charge >= 0.3 is 0 Å². The average molecular weight is 326 g/mol. The van der Waals surface area contributed by atoms with Crippen molar-refractivity contribution in [1.29, 1.82) is 0 Å². The molecule has 2 N–H and O–H groups in total. The smallest absolute Gasteiger partial charge is 0.200 e. The largest absolute Gasteiger partial charge is 0.507 e. The lowest BCUT2D eigenvalue weighted by Gasteiger charge is -2.08. The van der Waals surface area contributed by atoms with Crippen LogP contribution in [0.1, 0.15) is 66.9 Å². The Bertz CT molecular complexity index is 677. The number of benzene rings is 2. The molecule has 0 saturated carbocycles. The van der Waals surface area contributed by atoms with Crippen molar-refractivity contribution in [3.05, 3.63) is 59.2 Å². The third-order valence-corrected chi connectivity index (χ3v) is 4.27. The Morgan fingerprint density at radius 1 is 0.833 bits per heavy atom. The highest BCUT2D eigenvalue weighted by molar-refractivity contribution is 6.12. The summed E-state index contributed by atoms with van der Waals surface area (Å²) in [5.74, 6) is -0.464. The summed E-state index contributed by atoms with van der Waals surface area (Å²) < 4.78 is 0. The number of phenols is 2. The molecule has 0 heterocycles. The summed E-state index contributed by atoms with van der Waals surface area (Å²) in [4.78, 5) is 12.6. The number of phenolic OH excluding ortho intramolecular Hbond substituents is 2. The van der Waals surface area contributed by atoms with Gasteiger partial charge in [-0.3, -0.25) is 4.79 Å². The van der Waals surface area contributed by atoms with Gasteiger partial charge in [-0.1, -0.05) is 57.2 Å². The van der Waals surface area contributed by atoms with E-state index in [1.54, 1.807) is 30.3 Å². The van der Waals surface area contributed by atoms with Gasteiger partial charge in [-0.05, 0) is 42.7 Å². The van der Waals surface area contributed by atoms with Gasteiger partial charge in [0.15, 0.2) is 5.78 Å². The van der Waals surface area contributed by atoms with Crippen LogP contribution in [-0.4, -0.2) is 16.0 Å². The molecule has 0 saturated heterocycles. The average Bonchev–Trinajstić information content (AvgIpc) is 2.59. The van der Waals surface area contributed by atoms with Gasteiger partial charge in [0.2, 0.25) is 0 Å². The van der Waals surface area contributed by atoms with Crippen LogP contribution in [0, 0.1) is 0 Å². The summed E-state index contributed by atoms with van der Waals surface area (Å²) in [6.07, 6.45) is 8.22. The number of hydrogen-bond acceptors (Lipinski definition) is 3. The summed E-state index contributed by atoms with van der Waals surface area (Å²) in [6.45, 7) is 2.21. The van der Waals surface area contributed by atoms with Crippen molar-refractivity contribution in [3.63, 3.8) is 0 Å². The fourth-order valence-electron chi connectivity index (χ4n) is 2.84. The van der Waals surface area contributed by atoms with E-state index in [0.717, 1.165) is 18.4 Å². The molecule has 2 rings (SSSR count). The van der Waals surface area contributed by atoms with E-state index in [1.165, 1.54) is 38.2 Å². The van der Waals surface area contributed by atoms with Gasteiger partial charge in [0.05, 0.1) is 11.1 Å². The van der Waals surface area contributed by atoms with Crippen molar-refractivity contribution in [2.45, 2.75) is 51.9 Å². The maximum atomic E-state index is 12.6. The first-order valence-corrected chi connectivity index (χ1v) is 8.78. The van der Waals surface area contributed by atoms with E-state index >= 15 is 0 Å². The zero-order valence-corrected chi connectivity index (χ0v) is 14.3. The van der Waals surface area contributed by atoms with Crippen LogP contribution in [0.4, 0.5) is 0 Å². The number of carbonyl (C=O) groups excluding carboxylic acids is 1. The third kappa shape index (κ3) is 4.85. The Hall–Kier alpha value is -2.29. The molecule has 0 bridgehead atoms. The van der Waals surface area contributed by atoms with E-state index in [4.69, 9.17) is 0 Å². The van der Waals surface area contributed by atoms with Crippen molar-refractivity contribution >= 4 is 5.78 Å². The maximum Gasteiger partial charge on any atom is 0.200 e. The standard InChI is InChI=1S/C21H26O3/c1-2-3-4-5-6-7-10-16-13-14-20(23)18(15-16)21(24)17-11-8-9-12-19(17)22/h8-9,11-15,22-23H,2-7,10H2,1H3. The summed E-state index contributed by atoms with van der Waals surface area (Å²) in [6, 6.07) is 11.6. The van der Waals surface area contributed by atoms with Crippen LogP contribution >= 0.6 is 0 Å². The molecule has 0 fully saturated rings. The fraction of sp³-hybridized carbons (Fsp3) is 0.381. The molecule has 0 spiro atoms. The third-order valence-electron chi connectivity index (χ3n) is 4.27. The van der Waals surface area contributed by atoms with Crippen LogP contribution in [0.2, 0.25) is 0 Å². The summed E-state index contributed by atoms with van der Waals surface area (Å²) >= 11 is 0. The maximum absolute atomic E-state index is 12.6. The van der Waals surface area contributed by atoms with Crippen molar-refractivity contribution in [3.8, 4) is 11.5 Å². The number of hydrogen-bond donors (Lipinski definition) is 2. The molecule has 0 atom stereocenters. The minimum Gasteiger partial charge on any atom is -0.507 e. The second kappa shape index (κ2) is 9.11. The predicted octanol–water partition coefficient (Wildman–Crippen LogP) is 5.23. The van der Waals surface area contributed by atoms with Gasteiger partial charge in [-0.25, -0.2) is 0 Å². The Balaban J connectivity index is 2.03. The number of para-hydroxylation sites is 1. The van der Waals surface area contributed by atoms with E-state index in [2.05, 4.69) is 6.92 Å². The lowest BCUT2D eigenvalue weighted by Crippen LogP contribution is -2.03. The van der Waals surface area contributed by atoms with Crippen molar-refractivity contribution in [1.82, 2.24) is 0 Å². The van der Waals surface area contributed by atoms with Gasteiger partial charge in [0, 0.05) is 0 Å². The van der Waals surface area contributed by atoms with E-state index in [1.807, 2.05) is 6.07 Å². The van der Waals surface area contributed by atoms with Crippen molar-refractivity contribution in [2.24, 2.45) is 0 Å². The molecule has 3 heteroatoms. The molecule has 128 valence electrons. The van der Waals surface area contributed by atoms with Crippen LogP contribution in [0.5, 0.6) is 11.5 Å². The minimum absolute atomic E-state index is 0.0463. The summed E-state index contributed by atoms with van der Waals surface area (Å²) in [5.41, 5.74) is 1.51. The Morgan fingerprint density at radius 2 is 1.50 bits per heavy atom. The summed E-state index contributed by atoms with van der Waals surface area (Å²) in [7, 11) is 0. The molecule has 0 aliphatic carbocycles. The number of carbonyl (C=O) groups is 1. The molecular formula is C21H26O3. The second-order valence-electron chi connectivity index (χ2n) is 6.22. The molecule has 2 aromatic carbocycles. The molecule has 2 aromatic rings. The van der Waals surface area contributed by atoms with Gasteiger partial charge < -0.3 is 10.2 Å². The number of aryl methyl sites for hydroxylation is 1. The first kappa shape index (κ1) is 18.1. The number of ketones is 1. The highest BCUT2D eigenvalue weighted by atomic mass is 16.3. The van der Waals surface area contributed by atoms with Crippen LogP contribution in [0.25, 0.3) is 0 Å². The van der Waals surface area contributed by atoms with Crippen LogP contribution < -0.4 is 0 Å². The Morgan fingerprint density at radius 3 is 2.25 bits per heavy atom. The number of aromatic hydroxyl groups is 2. The first-order chi connectivity index (χ1) is 11.6. The predicted molar refractivity (Wildman–Crippen MR) is 96.7 cm³/mol. The van der Waals surface area contributed by atoms with Crippen molar-refractivity contribution in [2.75, 3.05) is 0 Å². The molecule has 0 radical (unpaired) electrons. The zero-order chi connectivity index (χ0) is 17.4. The molecule has 0 amide bonds. The van der Waals surface area contributed by atoms with Crippen LogP contribution in [0.3, 0.4) is 0 Å². The Labute approximate surface area is 144 Å². The van der Waals surface area contributed by atoms with E-state index in [-0.39, 0.29) is 28.4 Å². The SMILES string of the molecule is CCCCCCCCc1ccc(O)c(C(=O)c2ccccc2O)c1. The van der Waals surface area contributed by atoms with Gasteiger partial charge in [-0.2, -0.15) is 0 Å². The minimum atomic E-state index is -0.351. The van der Waals surface area contributed by atoms with E-state index in [9.17, 15) is 15.0 Å². The molecule has 0 unspecified atom stereocenters. The summed E-state index contributed by atoms with van der Waals surface area (Å²) in [5, 5.41) is 19.9. The zero-order valence-electron chi connectivity index (χ0n) is 14.3. The first-order valence-electron chi connectivity index (χ1n) is 8.78. The van der Waals surface area contributed by atoms with Crippen LogP contribution in [-0.2, 0) is 6.42 Å². The monoisotopic (exact) mass is 326 g/mol. The molecular weight excluding hydrogens is 300 g/mol. The van der Waals surface area contributed by atoms with Gasteiger partial charge in [0.25, 0.3) is 0 Å². The topological polar surface area (TPSA) is 57.5 Å². The highest BCUT2D eigenvalue weighted by Crippen LogP contribution is 2.26.